The van der Waals surface area contributed by atoms with Gasteiger partial charge in [0.05, 0.1) is 12.5 Å². The molecule has 4 heteroatoms. The molecule has 1 rings (SSSR count). The quantitative estimate of drug-likeness (QED) is 0.795. The molecule has 0 heterocycles. The molecule has 0 saturated heterocycles. The van der Waals surface area contributed by atoms with Gasteiger partial charge in [-0.1, -0.05) is 37.3 Å². The molecule has 0 radical (unpaired) electrons. The van der Waals surface area contributed by atoms with Gasteiger partial charge in [-0.2, -0.15) is 0 Å². The highest BCUT2D eigenvalue weighted by atomic mass is 16.4. The van der Waals surface area contributed by atoms with Gasteiger partial charge in [0.1, 0.15) is 0 Å². The topological polar surface area (TPSA) is 66.4 Å². The van der Waals surface area contributed by atoms with Crippen LogP contribution in [0.3, 0.4) is 0 Å². The lowest BCUT2D eigenvalue weighted by molar-refractivity contribution is -0.137. The lowest BCUT2D eigenvalue weighted by Crippen LogP contribution is -2.29. The summed E-state index contributed by atoms with van der Waals surface area (Å²) in [5.74, 6) is -1.07. The zero-order valence-electron chi connectivity index (χ0n) is 9.14. The molecule has 86 valence electrons. The molecule has 16 heavy (non-hydrogen) atoms. The molecule has 4 nitrogen and oxygen atoms in total. The van der Waals surface area contributed by atoms with Gasteiger partial charge in [0, 0.05) is 6.42 Å². The molecule has 0 bridgehead atoms. The first-order valence-corrected chi connectivity index (χ1v) is 5.19. The van der Waals surface area contributed by atoms with E-state index in [2.05, 4.69) is 5.32 Å². The second kappa shape index (κ2) is 5.90. The number of nitrogens with one attached hydrogen (secondary N) is 1. The lowest BCUT2D eigenvalue weighted by Gasteiger charge is -2.16. The minimum Gasteiger partial charge on any atom is -0.481 e. The maximum absolute atomic E-state index is 11.3. The Labute approximate surface area is 94.3 Å². The molecule has 0 fully saturated rings. The number of carbonyl (C=O) groups is 2. The number of carbonyl (C=O) groups excluding carboxylic acids is 1. The van der Waals surface area contributed by atoms with Crippen molar-refractivity contribution in [3.63, 3.8) is 0 Å². The third-order valence-electron chi connectivity index (χ3n) is 2.24. The van der Waals surface area contributed by atoms with Gasteiger partial charge < -0.3 is 10.4 Å². The van der Waals surface area contributed by atoms with E-state index in [1.54, 1.807) is 6.92 Å². The molecular formula is C12H15NO3. The van der Waals surface area contributed by atoms with Crippen LogP contribution in [-0.2, 0) is 9.59 Å². The average molecular weight is 221 g/mol. The largest absolute Gasteiger partial charge is 0.481 e. The molecule has 1 aromatic rings. The van der Waals surface area contributed by atoms with Gasteiger partial charge in [-0.05, 0) is 5.56 Å². The van der Waals surface area contributed by atoms with Crippen LogP contribution in [0.2, 0.25) is 0 Å². The van der Waals surface area contributed by atoms with Crippen molar-refractivity contribution in [3.05, 3.63) is 35.9 Å². The zero-order chi connectivity index (χ0) is 12.0. The van der Waals surface area contributed by atoms with Crippen molar-refractivity contribution in [1.29, 1.82) is 0 Å². The number of rotatable bonds is 5. The Bertz CT molecular complexity index is 362. The van der Waals surface area contributed by atoms with Crippen LogP contribution in [0.15, 0.2) is 30.3 Å². The van der Waals surface area contributed by atoms with Crippen molar-refractivity contribution in [2.75, 3.05) is 0 Å². The molecule has 0 aliphatic rings. The Balaban J connectivity index is 2.79. The predicted octanol–water partition coefficient (Wildman–Crippen LogP) is 1.73. The number of amides is 1. The summed E-state index contributed by atoms with van der Waals surface area (Å²) in [5.41, 5.74) is 0.812. The summed E-state index contributed by atoms with van der Waals surface area (Å²) in [7, 11) is 0. The molecule has 0 aliphatic carbocycles. The molecule has 2 N–H and O–H groups in total. The van der Waals surface area contributed by atoms with Crippen molar-refractivity contribution < 1.29 is 14.7 Å². The van der Waals surface area contributed by atoms with E-state index in [0.717, 1.165) is 5.56 Å². The van der Waals surface area contributed by atoms with E-state index in [9.17, 15) is 9.59 Å². The van der Waals surface area contributed by atoms with Crippen LogP contribution in [0.25, 0.3) is 0 Å². The fraction of sp³-hybridized carbons (Fsp3) is 0.333. The molecule has 1 amide bonds. The van der Waals surface area contributed by atoms with Crippen LogP contribution in [0, 0.1) is 0 Å². The highest BCUT2D eigenvalue weighted by molar-refractivity contribution is 5.77. The maximum Gasteiger partial charge on any atom is 0.305 e. The van der Waals surface area contributed by atoms with E-state index in [-0.39, 0.29) is 12.3 Å². The van der Waals surface area contributed by atoms with Crippen molar-refractivity contribution >= 4 is 11.9 Å². The molecule has 0 aliphatic heterocycles. The van der Waals surface area contributed by atoms with Crippen LogP contribution < -0.4 is 5.32 Å². The first-order valence-electron chi connectivity index (χ1n) is 5.19. The lowest BCUT2D eigenvalue weighted by atomic mass is 10.0. The Kier molecular flexibility index (Phi) is 4.51. The second-order valence-corrected chi connectivity index (χ2v) is 3.48. The van der Waals surface area contributed by atoms with Crippen LogP contribution in [0.4, 0.5) is 0 Å². The summed E-state index contributed by atoms with van der Waals surface area (Å²) in [4.78, 5) is 22.0. The number of aliphatic carboxylic acids is 1. The van der Waals surface area contributed by atoms with E-state index in [1.165, 1.54) is 0 Å². The normalized spacial score (nSPS) is 11.8. The number of carboxylic acids is 1. The molecule has 0 aromatic heterocycles. The van der Waals surface area contributed by atoms with Gasteiger partial charge in [-0.3, -0.25) is 9.59 Å². The van der Waals surface area contributed by atoms with Crippen LogP contribution in [-0.4, -0.2) is 17.0 Å². The zero-order valence-corrected chi connectivity index (χ0v) is 9.14. The number of benzene rings is 1. The van der Waals surface area contributed by atoms with E-state index in [0.29, 0.717) is 6.42 Å². The SMILES string of the molecule is CCC(=O)NC(CC(=O)O)c1ccccc1. The van der Waals surface area contributed by atoms with Crippen LogP contribution in [0.5, 0.6) is 0 Å². The van der Waals surface area contributed by atoms with Crippen molar-refractivity contribution in [2.45, 2.75) is 25.8 Å². The number of hydrogen-bond donors (Lipinski definition) is 2. The second-order valence-electron chi connectivity index (χ2n) is 3.48. The molecule has 0 saturated carbocycles. The van der Waals surface area contributed by atoms with Gasteiger partial charge in [-0.25, -0.2) is 0 Å². The monoisotopic (exact) mass is 221 g/mol. The molecule has 1 atom stereocenters. The van der Waals surface area contributed by atoms with E-state index in [4.69, 9.17) is 5.11 Å². The fourth-order valence-corrected chi connectivity index (χ4v) is 1.41. The minimum atomic E-state index is -0.926. The highest BCUT2D eigenvalue weighted by Gasteiger charge is 2.16. The maximum atomic E-state index is 11.3. The van der Waals surface area contributed by atoms with Crippen molar-refractivity contribution in [2.24, 2.45) is 0 Å². The standard InChI is InChI=1S/C12H15NO3/c1-2-11(14)13-10(8-12(15)16)9-6-4-3-5-7-9/h3-7,10H,2,8H2,1H3,(H,13,14)(H,15,16). The number of carboxylic acid groups (broad SMARTS) is 1. The first kappa shape index (κ1) is 12.2. The van der Waals surface area contributed by atoms with Crippen LogP contribution in [0.1, 0.15) is 31.4 Å². The van der Waals surface area contributed by atoms with Gasteiger partial charge in [0.2, 0.25) is 5.91 Å². The Hall–Kier alpha value is -1.84. The first-order chi connectivity index (χ1) is 7.63. The third-order valence-corrected chi connectivity index (χ3v) is 2.24. The summed E-state index contributed by atoms with van der Waals surface area (Å²) >= 11 is 0. The summed E-state index contributed by atoms with van der Waals surface area (Å²) in [5, 5.41) is 11.5. The van der Waals surface area contributed by atoms with Crippen molar-refractivity contribution in [1.82, 2.24) is 5.32 Å². The highest BCUT2D eigenvalue weighted by Crippen LogP contribution is 2.16. The molecule has 1 unspecified atom stereocenters. The third kappa shape index (κ3) is 3.73. The minimum absolute atomic E-state index is 0.101. The molecular weight excluding hydrogens is 206 g/mol. The number of hydrogen-bond acceptors (Lipinski definition) is 2. The molecule has 1 aromatic carbocycles. The summed E-state index contributed by atoms with van der Waals surface area (Å²) in [6.45, 7) is 1.73. The van der Waals surface area contributed by atoms with Gasteiger partial charge in [-0.15, -0.1) is 0 Å². The van der Waals surface area contributed by atoms with E-state index >= 15 is 0 Å². The predicted molar refractivity (Wildman–Crippen MR) is 59.9 cm³/mol. The summed E-state index contributed by atoms with van der Waals surface area (Å²) in [6, 6.07) is 8.66. The smallest absolute Gasteiger partial charge is 0.305 e. The van der Waals surface area contributed by atoms with Crippen LogP contribution >= 0.6 is 0 Å². The van der Waals surface area contributed by atoms with E-state index < -0.39 is 12.0 Å². The average Bonchev–Trinajstić information content (AvgIpc) is 2.28. The Morgan fingerprint density at radius 1 is 1.31 bits per heavy atom. The van der Waals surface area contributed by atoms with Gasteiger partial charge in [0.25, 0.3) is 0 Å². The Morgan fingerprint density at radius 3 is 2.44 bits per heavy atom. The van der Waals surface area contributed by atoms with Gasteiger partial charge >= 0.3 is 5.97 Å². The summed E-state index contributed by atoms with van der Waals surface area (Å²) in [6.07, 6.45) is 0.249. The Morgan fingerprint density at radius 2 is 1.94 bits per heavy atom. The van der Waals surface area contributed by atoms with Gasteiger partial charge in [0.15, 0.2) is 0 Å². The fourth-order valence-electron chi connectivity index (χ4n) is 1.41. The van der Waals surface area contributed by atoms with E-state index in [1.807, 2.05) is 30.3 Å². The van der Waals surface area contributed by atoms with Crippen molar-refractivity contribution in [3.8, 4) is 0 Å². The summed E-state index contributed by atoms with van der Waals surface area (Å²) < 4.78 is 0. The molecule has 0 spiro atoms.